The number of fused-ring (bicyclic) bond motifs is 2. The smallest absolute Gasteiger partial charge is 0.320 e. The molecule has 0 spiro atoms. The fraction of sp³-hybridized carbons (Fsp3) is 0.438. The lowest BCUT2D eigenvalue weighted by atomic mass is 10.1. The largest absolute Gasteiger partial charge is 0.465 e. The lowest BCUT2D eigenvalue weighted by Crippen LogP contribution is -2.40. The molecule has 0 saturated carbocycles. The second-order valence-electron chi connectivity index (χ2n) is 5.47. The standard InChI is InChI=1S/C16H19N3O3/c1-3-22-15(20)10-18-8-7-13-12(9-18)16(21)19-11(2)5-4-6-14(19)17-13/h4-6H,3,7-10H2,1-2H3. The van der Waals surface area contributed by atoms with Crippen molar-refractivity contribution >= 4 is 11.6 Å². The lowest BCUT2D eigenvalue weighted by molar-refractivity contribution is -0.144. The van der Waals surface area contributed by atoms with Crippen molar-refractivity contribution in [3.8, 4) is 0 Å². The zero-order chi connectivity index (χ0) is 15.7. The Balaban J connectivity index is 1.95. The molecule has 0 unspecified atom stereocenters. The molecule has 0 atom stereocenters. The average molecular weight is 301 g/mol. The van der Waals surface area contributed by atoms with Crippen molar-refractivity contribution < 1.29 is 9.53 Å². The zero-order valence-corrected chi connectivity index (χ0v) is 12.8. The van der Waals surface area contributed by atoms with E-state index in [-0.39, 0.29) is 18.1 Å². The maximum absolute atomic E-state index is 12.7. The molecule has 2 aromatic heterocycles. The van der Waals surface area contributed by atoms with Crippen molar-refractivity contribution in [3.63, 3.8) is 0 Å². The van der Waals surface area contributed by atoms with Gasteiger partial charge in [-0.2, -0.15) is 0 Å². The number of aromatic nitrogens is 2. The number of nitrogens with zero attached hydrogens (tertiary/aromatic N) is 3. The summed E-state index contributed by atoms with van der Waals surface area (Å²) in [7, 11) is 0. The van der Waals surface area contributed by atoms with Gasteiger partial charge in [-0.3, -0.25) is 18.9 Å². The van der Waals surface area contributed by atoms with Gasteiger partial charge in [-0.15, -0.1) is 0 Å². The van der Waals surface area contributed by atoms with Crippen LogP contribution in [0.2, 0.25) is 0 Å². The predicted octanol–water partition coefficient (Wildman–Crippen LogP) is 0.924. The third-order valence-electron chi connectivity index (χ3n) is 3.93. The van der Waals surface area contributed by atoms with Crippen LogP contribution in [0.3, 0.4) is 0 Å². The summed E-state index contributed by atoms with van der Waals surface area (Å²) in [5.74, 6) is -0.254. The fourth-order valence-corrected chi connectivity index (χ4v) is 2.88. The first-order chi connectivity index (χ1) is 10.6. The topological polar surface area (TPSA) is 63.9 Å². The molecule has 0 fully saturated rings. The third kappa shape index (κ3) is 2.62. The minimum absolute atomic E-state index is 0.0355. The first kappa shape index (κ1) is 14.7. The van der Waals surface area contributed by atoms with E-state index in [1.54, 1.807) is 11.3 Å². The summed E-state index contributed by atoms with van der Waals surface area (Å²) in [5.41, 5.74) is 3.03. The van der Waals surface area contributed by atoms with Gasteiger partial charge in [-0.05, 0) is 26.0 Å². The highest BCUT2D eigenvalue weighted by Crippen LogP contribution is 2.15. The molecule has 1 aliphatic heterocycles. The molecule has 0 N–H and O–H groups in total. The average Bonchev–Trinajstić information content (AvgIpc) is 2.48. The molecule has 0 radical (unpaired) electrons. The number of hydrogen-bond donors (Lipinski definition) is 0. The molecule has 0 amide bonds. The van der Waals surface area contributed by atoms with E-state index in [2.05, 4.69) is 4.98 Å². The van der Waals surface area contributed by atoms with Crippen molar-refractivity contribution in [2.24, 2.45) is 0 Å². The zero-order valence-electron chi connectivity index (χ0n) is 12.8. The molecule has 116 valence electrons. The number of aryl methyl sites for hydroxylation is 1. The van der Waals surface area contributed by atoms with E-state index in [1.165, 1.54) is 0 Å². The Morgan fingerprint density at radius 2 is 2.23 bits per heavy atom. The first-order valence-corrected chi connectivity index (χ1v) is 7.48. The Morgan fingerprint density at radius 1 is 1.41 bits per heavy atom. The van der Waals surface area contributed by atoms with E-state index in [4.69, 9.17) is 4.74 Å². The van der Waals surface area contributed by atoms with Crippen LogP contribution in [0.1, 0.15) is 23.9 Å². The van der Waals surface area contributed by atoms with Gasteiger partial charge in [-0.25, -0.2) is 4.98 Å². The highest BCUT2D eigenvalue weighted by atomic mass is 16.5. The second-order valence-corrected chi connectivity index (χ2v) is 5.47. The third-order valence-corrected chi connectivity index (χ3v) is 3.93. The Morgan fingerprint density at radius 3 is 3.00 bits per heavy atom. The first-order valence-electron chi connectivity index (χ1n) is 7.48. The van der Waals surface area contributed by atoms with Crippen LogP contribution in [-0.2, 0) is 22.5 Å². The van der Waals surface area contributed by atoms with Gasteiger partial charge in [0, 0.05) is 25.2 Å². The summed E-state index contributed by atoms with van der Waals surface area (Å²) in [5, 5.41) is 0. The molecule has 0 saturated heterocycles. The van der Waals surface area contributed by atoms with Crippen LogP contribution in [-0.4, -0.2) is 40.0 Å². The molecule has 2 aromatic rings. The number of rotatable bonds is 3. The Kier molecular flexibility index (Phi) is 3.94. The van der Waals surface area contributed by atoms with E-state index < -0.39 is 0 Å². The van der Waals surface area contributed by atoms with Crippen molar-refractivity contribution in [3.05, 3.63) is 45.5 Å². The Labute approximate surface area is 128 Å². The van der Waals surface area contributed by atoms with Gasteiger partial charge in [0.05, 0.1) is 24.4 Å². The minimum Gasteiger partial charge on any atom is -0.465 e. The second kappa shape index (κ2) is 5.88. The van der Waals surface area contributed by atoms with E-state index >= 15 is 0 Å². The molecular weight excluding hydrogens is 282 g/mol. The summed E-state index contributed by atoms with van der Waals surface area (Å²) in [6.45, 7) is 5.41. The van der Waals surface area contributed by atoms with E-state index in [1.807, 2.05) is 30.0 Å². The Bertz CT molecular complexity index is 782. The van der Waals surface area contributed by atoms with Crippen LogP contribution in [0, 0.1) is 6.92 Å². The van der Waals surface area contributed by atoms with Crippen LogP contribution >= 0.6 is 0 Å². The van der Waals surface area contributed by atoms with Gasteiger partial charge >= 0.3 is 5.97 Å². The van der Waals surface area contributed by atoms with Crippen molar-refractivity contribution in [2.45, 2.75) is 26.8 Å². The van der Waals surface area contributed by atoms with E-state index in [9.17, 15) is 9.59 Å². The van der Waals surface area contributed by atoms with Crippen molar-refractivity contribution in [1.29, 1.82) is 0 Å². The highest BCUT2D eigenvalue weighted by Gasteiger charge is 2.23. The van der Waals surface area contributed by atoms with Crippen LogP contribution in [0.25, 0.3) is 5.65 Å². The molecule has 6 heteroatoms. The number of carbonyl (C=O) groups excluding carboxylic acids is 1. The fourth-order valence-electron chi connectivity index (χ4n) is 2.88. The van der Waals surface area contributed by atoms with Gasteiger partial charge in [0.2, 0.25) is 0 Å². The molecule has 6 nitrogen and oxygen atoms in total. The van der Waals surface area contributed by atoms with Gasteiger partial charge in [0.1, 0.15) is 5.65 Å². The van der Waals surface area contributed by atoms with Crippen LogP contribution < -0.4 is 5.56 Å². The summed E-state index contributed by atoms with van der Waals surface area (Å²) >= 11 is 0. The molecule has 3 rings (SSSR count). The predicted molar refractivity (Wildman–Crippen MR) is 81.8 cm³/mol. The quantitative estimate of drug-likeness (QED) is 0.789. The molecule has 22 heavy (non-hydrogen) atoms. The van der Waals surface area contributed by atoms with Gasteiger partial charge in [-0.1, -0.05) is 6.07 Å². The van der Waals surface area contributed by atoms with Gasteiger partial charge in [0.15, 0.2) is 0 Å². The number of carbonyl (C=O) groups is 1. The number of ether oxygens (including phenoxy) is 1. The summed E-state index contributed by atoms with van der Waals surface area (Å²) in [4.78, 5) is 30.9. The lowest BCUT2D eigenvalue weighted by Gasteiger charge is -2.27. The summed E-state index contributed by atoms with van der Waals surface area (Å²) in [6.07, 6.45) is 0.675. The SMILES string of the molecule is CCOC(=O)CN1CCc2nc3cccc(C)n3c(=O)c2C1. The highest BCUT2D eigenvalue weighted by molar-refractivity contribution is 5.71. The van der Waals surface area contributed by atoms with E-state index in [0.29, 0.717) is 37.3 Å². The normalized spacial score (nSPS) is 14.8. The maximum Gasteiger partial charge on any atom is 0.320 e. The Hall–Kier alpha value is -2.21. The van der Waals surface area contributed by atoms with Gasteiger partial charge in [0.25, 0.3) is 5.56 Å². The summed E-state index contributed by atoms with van der Waals surface area (Å²) in [6, 6.07) is 5.64. The maximum atomic E-state index is 12.7. The van der Waals surface area contributed by atoms with E-state index in [0.717, 1.165) is 11.4 Å². The molecule has 0 aliphatic carbocycles. The number of esters is 1. The number of pyridine rings is 1. The summed E-state index contributed by atoms with van der Waals surface area (Å²) < 4.78 is 6.60. The minimum atomic E-state index is -0.254. The van der Waals surface area contributed by atoms with Gasteiger partial charge < -0.3 is 4.74 Å². The molecule has 1 aliphatic rings. The van der Waals surface area contributed by atoms with Crippen LogP contribution in [0.15, 0.2) is 23.0 Å². The molecule has 0 aromatic carbocycles. The molecular formula is C16H19N3O3. The van der Waals surface area contributed by atoms with Crippen LogP contribution in [0.4, 0.5) is 0 Å². The monoisotopic (exact) mass is 301 g/mol. The molecule has 0 bridgehead atoms. The van der Waals surface area contributed by atoms with Crippen molar-refractivity contribution in [2.75, 3.05) is 19.7 Å². The number of hydrogen-bond acceptors (Lipinski definition) is 5. The van der Waals surface area contributed by atoms with Crippen molar-refractivity contribution in [1.82, 2.24) is 14.3 Å². The molecule has 3 heterocycles. The van der Waals surface area contributed by atoms with Crippen LogP contribution in [0.5, 0.6) is 0 Å².